The molecule has 3 atom stereocenters. The van der Waals surface area contributed by atoms with E-state index < -0.39 is 0 Å². The first kappa shape index (κ1) is 14.5. The predicted octanol–water partition coefficient (Wildman–Crippen LogP) is 0.886. The number of carbonyl (C=O) groups is 1. The second-order valence-corrected chi connectivity index (χ2v) is 5.32. The minimum atomic E-state index is 0.119. The van der Waals surface area contributed by atoms with Crippen LogP contribution in [0.25, 0.3) is 0 Å². The van der Waals surface area contributed by atoms with Crippen molar-refractivity contribution in [3.8, 4) is 0 Å². The highest BCUT2D eigenvalue weighted by Crippen LogP contribution is 2.30. The van der Waals surface area contributed by atoms with Crippen LogP contribution in [0, 0.1) is 17.8 Å². The number of hydrogen-bond acceptors (Lipinski definition) is 3. The Kier molecular flexibility index (Phi) is 6.52. The van der Waals surface area contributed by atoms with Crippen LogP contribution < -0.4 is 11.1 Å². The Morgan fingerprint density at radius 2 is 2.18 bits per heavy atom. The monoisotopic (exact) mass is 242 g/mol. The van der Waals surface area contributed by atoms with E-state index >= 15 is 0 Å². The van der Waals surface area contributed by atoms with Crippen molar-refractivity contribution in [2.24, 2.45) is 23.5 Å². The summed E-state index contributed by atoms with van der Waals surface area (Å²) in [7, 11) is 0. The topological polar surface area (TPSA) is 75.4 Å². The number of nitrogens with two attached hydrogens (primary N) is 1. The van der Waals surface area contributed by atoms with Gasteiger partial charge in [-0.15, -0.1) is 0 Å². The third kappa shape index (κ3) is 5.04. The van der Waals surface area contributed by atoms with Crippen LogP contribution in [0.5, 0.6) is 0 Å². The fourth-order valence-corrected chi connectivity index (χ4v) is 2.45. The van der Waals surface area contributed by atoms with Gasteiger partial charge in [-0.1, -0.05) is 13.3 Å². The minimum Gasteiger partial charge on any atom is -0.396 e. The molecule has 4 nitrogen and oxygen atoms in total. The smallest absolute Gasteiger partial charge is 0.220 e. The van der Waals surface area contributed by atoms with Crippen molar-refractivity contribution in [3.05, 3.63) is 0 Å². The predicted molar refractivity (Wildman–Crippen MR) is 68.4 cm³/mol. The van der Waals surface area contributed by atoms with Crippen LogP contribution in [-0.4, -0.2) is 30.7 Å². The van der Waals surface area contributed by atoms with Gasteiger partial charge in [0.1, 0.15) is 0 Å². The summed E-state index contributed by atoms with van der Waals surface area (Å²) in [6.45, 7) is 3.68. The van der Waals surface area contributed by atoms with E-state index in [0.29, 0.717) is 30.7 Å². The lowest BCUT2D eigenvalue weighted by Gasteiger charge is -2.18. The van der Waals surface area contributed by atoms with Crippen molar-refractivity contribution in [2.75, 3.05) is 19.7 Å². The van der Waals surface area contributed by atoms with E-state index in [1.807, 2.05) is 0 Å². The zero-order valence-electron chi connectivity index (χ0n) is 10.8. The third-order valence-electron chi connectivity index (χ3n) is 3.88. The molecule has 0 spiro atoms. The van der Waals surface area contributed by atoms with Gasteiger partial charge in [-0.25, -0.2) is 0 Å². The molecule has 1 amide bonds. The molecule has 0 radical (unpaired) electrons. The number of aliphatic hydroxyl groups is 1. The molecule has 17 heavy (non-hydrogen) atoms. The van der Waals surface area contributed by atoms with E-state index in [1.54, 1.807) is 0 Å². The average molecular weight is 242 g/mol. The molecule has 0 bridgehead atoms. The van der Waals surface area contributed by atoms with Gasteiger partial charge in [-0.2, -0.15) is 0 Å². The summed E-state index contributed by atoms with van der Waals surface area (Å²) in [5.41, 5.74) is 5.51. The number of carbonyl (C=O) groups excluding carboxylic acids is 1. The maximum absolute atomic E-state index is 11.6. The van der Waals surface area contributed by atoms with E-state index in [0.717, 1.165) is 25.8 Å². The van der Waals surface area contributed by atoms with Crippen molar-refractivity contribution in [2.45, 2.75) is 39.0 Å². The van der Waals surface area contributed by atoms with Crippen LogP contribution in [0.15, 0.2) is 0 Å². The number of rotatable bonds is 7. The van der Waals surface area contributed by atoms with Gasteiger partial charge in [0.15, 0.2) is 0 Å². The Morgan fingerprint density at radius 1 is 1.47 bits per heavy atom. The first-order chi connectivity index (χ1) is 8.17. The standard InChI is InChI=1S/C13H26N2O2/c1-10(7-14)5-6-13(17)15-8-11-3-2-4-12(11)9-16/h10-12,16H,2-9,14H2,1H3,(H,15,17). The number of amides is 1. The lowest BCUT2D eigenvalue weighted by molar-refractivity contribution is -0.121. The Balaban J connectivity index is 2.15. The Bertz CT molecular complexity index is 233. The third-order valence-corrected chi connectivity index (χ3v) is 3.88. The summed E-state index contributed by atoms with van der Waals surface area (Å²) in [5.74, 6) is 1.39. The summed E-state index contributed by atoms with van der Waals surface area (Å²) in [4.78, 5) is 11.6. The molecule has 0 aliphatic heterocycles. The highest BCUT2D eigenvalue weighted by molar-refractivity contribution is 5.75. The normalized spacial score (nSPS) is 25.8. The Morgan fingerprint density at radius 3 is 2.82 bits per heavy atom. The van der Waals surface area contributed by atoms with Crippen LogP contribution >= 0.6 is 0 Å². The van der Waals surface area contributed by atoms with E-state index in [9.17, 15) is 9.90 Å². The molecule has 0 saturated heterocycles. The maximum Gasteiger partial charge on any atom is 0.220 e. The molecule has 0 aromatic heterocycles. The highest BCUT2D eigenvalue weighted by Gasteiger charge is 2.26. The lowest BCUT2D eigenvalue weighted by atomic mass is 9.97. The first-order valence-corrected chi connectivity index (χ1v) is 6.75. The molecule has 0 aromatic rings. The SMILES string of the molecule is CC(CN)CCC(=O)NCC1CCCC1CO. The van der Waals surface area contributed by atoms with Crippen LogP contribution in [0.3, 0.4) is 0 Å². The quantitative estimate of drug-likeness (QED) is 0.620. The largest absolute Gasteiger partial charge is 0.396 e. The molecule has 100 valence electrons. The molecule has 1 rings (SSSR count). The maximum atomic E-state index is 11.6. The van der Waals surface area contributed by atoms with Gasteiger partial charge in [0, 0.05) is 19.6 Å². The van der Waals surface area contributed by atoms with Gasteiger partial charge in [0.2, 0.25) is 5.91 Å². The van der Waals surface area contributed by atoms with Gasteiger partial charge in [-0.3, -0.25) is 4.79 Å². The second-order valence-electron chi connectivity index (χ2n) is 5.32. The van der Waals surface area contributed by atoms with Crippen LogP contribution in [0.4, 0.5) is 0 Å². The molecule has 4 heteroatoms. The molecular formula is C13H26N2O2. The summed E-state index contributed by atoms with van der Waals surface area (Å²) in [5, 5.41) is 12.2. The van der Waals surface area contributed by atoms with Crippen LogP contribution in [0.2, 0.25) is 0 Å². The van der Waals surface area contributed by atoms with Crippen molar-refractivity contribution in [3.63, 3.8) is 0 Å². The molecule has 0 heterocycles. The molecule has 1 aliphatic carbocycles. The van der Waals surface area contributed by atoms with E-state index in [2.05, 4.69) is 12.2 Å². The first-order valence-electron chi connectivity index (χ1n) is 6.75. The molecule has 1 saturated carbocycles. The summed E-state index contributed by atoms with van der Waals surface area (Å²) in [6.07, 6.45) is 4.83. The Hall–Kier alpha value is -0.610. The molecular weight excluding hydrogens is 216 g/mol. The average Bonchev–Trinajstić information content (AvgIpc) is 2.80. The zero-order chi connectivity index (χ0) is 12.7. The van der Waals surface area contributed by atoms with Gasteiger partial charge < -0.3 is 16.2 Å². The lowest BCUT2D eigenvalue weighted by Crippen LogP contribution is -2.32. The highest BCUT2D eigenvalue weighted by atomic mass is 16.3. The van der Waals surface area contributed by atoms with Crippen LogP contribution in [-0.2, 0) is 4.79 Å². The second kappa shape index (κ2) is 7.67. The molecule has 0 aromatic carbocycles. The van der Waals surface area contributed by atoms with Gasteiger partial charge in [0.25, 0.3) is 0 Å². The van der Waals surface area contributed by atoms with Gasteiger partial charge in [0.05, 0.1) is 0 Å². The molecule has 4 N–H and O–H groups in total. The van der Waals surface area contributed by atoms with Gasteiger partial charge >= 0.3 is 0 Å². The minimum absolute atomic E-state index is 0.119. The van der Waals surface area contributed by atoms with E-state index in [-0.39, 0.29) is 12.5 Å². The number of aliphatic hydroxyl groups excluding tert-OH is 1. The van der Waals surface area contributed by atoms with Crippen LogP contribution in [0.1, 0.15) is 39.0 Å². The van der Waals surface area contributed by atoms with Crippen molar-refractivity contribution >= 4 is 5.91 Å². The van der Waals surface area contributed by atoms with E-state index in [4.69, 9.17) is 5.73 Å². The Labute approximate surface area is 104 Å². The summed E-state index contributed by atoms with van der Waals surface area (Å²) >= 11 is 0. The fourth-order valence-electron chi connectivity index (χ4n) is 2.45. The molecule has 1 aliphatic rings. The number of nitrogens with one attached hydrogen (secondary N) is 1. The summed E-state index contributed by atoms with van der Waals surface area (Å²) in [6, 6.07) is 0. The van der Waals surface area contributed by atoms with Crippen molar-refractivity contribution < 1.29 is 9.90 Å². The molecule has 3 unspecified atom stereocenters. The van der Waals surface area contributed by atoms with Crippen molar-refractivity contribution in [1.29, 1.82) is 0 Å². The molecule has 1 fully saturated rings. The summed E-state index contributed by atoms with van der Waals surface area (Å²) < 4.78 is 0. The zero-order valence-corrected chi connectivity index (χ0v) is 10.8. The fraction of sp³-hybridized carbons (Fsp3) is 0.923. The van der Waals surface area contributed by atoms with Crippen molar-refractivity contribution in [1.82, 2.24) is 5.32 Å². The van der Waals surface area contributed by atoms with E-state index in [1.165, 1.54) is 6.42 Å². The van der Waals surface area contributed by atoms with Gasteiger partial charge in [-0.05, 0) is 43.6 Å². The number of hydrogen-bond donors (Lipinski definition) is 3.